The number of nitrogens with one attached hydrogen (secondary N) is 1. The van der Waals surface area contributed by atoms with Crippen LogP contribution >= 0.6 is 50.3 Å². The van der Waals surface area contributed by atoms with Gasteiger partial charge < -0.3 is 14.5 Å². The minimum absolute atomic E-state index is 0.431. The molecule has 0 saturated carbocycles. The Balaban J connectivity index is 1.55. The summed E-state index contributed by atoms with van der Waals surface area (Å²) in [5.41, 5.74) is 3.72. The molecule has 0 atom stereocenters. The van der Waals surface area contributed by atoms with E-state index in [1.165, 1.54) is 11.8 Å². The van der Waals surface area contributed by atoms with Crippen molar-refractivity contribution in [1.29, 1.82) is 5.26 Å². The Bertz CT molecular complexity index is 1300. The third kappa shape index (κ3) is 5.46. The molecule has 8 heteroatoms. The van der Waals surface area contributed by atoms with Gasteiger partial charge in [-0.2, -0.15) is 5.26 Å². The first-order valence-electron chi connectivity index (χ1n) is 9.55. The third-order valence-electron chi connectivity index (χ3n) is 4.53. The lowest BCUT2D eigenvalue weighted by atomic mass is 10.2. The number of aromatic nitrogens is 2. The highest BCUT2D eigenvalue weighted by molar-refractivity contribution is 14.1. The highest BCUT2D eigenvalue weighted by Crippen LogP contribution is 2.36. The van der Waals surface area contributed by atoms with Crippen LogP contribution in [0.25, 0.3) is 17.1 Å². The van der Waals surface area contributed by atoms with Gasteiger partial charge >= 0.3 is 0 Å². The molecule has 0 unspecified atom stereocenters. The van der Waals surface area contributed by atoms with E-state index in [-0.39, 0.29) is 0 Å². The van der Waals surface area contributed by atoms with E-state index < -0.39 is 0 Å². The second kappa shape index (κ2) is 10.4. The fourth-order valence-corrected chi connectivity index (χ4v) is 4.82. The zero-order valence-corrected chi connectivity index (χ0v) is 21.5. The van der Waals surface area contributed by atoms with Crippen LogP contribution in [-0.4, -0.2) is 17.1 Å². The molecule has 5 nitrogen and oxygen atoms in total. The SMILES string of the molecule is COc1cc(/C=C(\C#N)Sc2nc3ccccc3[nH]2)cc(I)c1OCc1ccc(Br)cc1. The second-order valence-corrected chi connectivity index (χ2v) is 9.84. The Morgan fingerprint density at radius 2 is 2.00 bits per heavy atom. The average molecular weight is 618 g/mol. The molecule has 0 saturated heterocycles. The maximum Gasteiger partial charge on any atom is 0.174 e. The molecule has 32 heavy (non-hydrogen) atoms. The second-order valence-electron chi connectivity index (χ2n) is 6.73. The Morgan fingerprint density at radius 3 is 2.72 bits per heavy atom. The minimum Gasteiger partial charge on any atom is -0.493 e. The maximum absolute atomic E-state index is 9.66. The van der Waals surface area contributed by atoms with E-state index in [2.05, 4.69) is 54.6 Å². The zero-order valence-electron chi connectivity index (χ0n) is 16.9. The van der Waals surface area contributed by atoms with E-state index in [1.807, 2.05) is 66.7 Å². The number of fused-ring (bicyclic) bond motifs is 1. The lowest BCUT2D eigenvalue weighted by Gasteiger charge is -2.14. The van der Waals surface area contributed by atoms with E-state index in [0.29, 0.717) is 28.2 Å². The molecule has 0 fully saturated rings. The smallest absolute Gasteiger partial charge is 0.174 e. The van der Waals surface area contributed by atoms with Crippen molar-refractivity contribution in [1.82, 2.24) is 9.97 Å². The first-order valence-corrected chi connectivity index (χ1v) is 12.2. The van der Waals surface area contributed by atoms with Crippen LogP contribution in [-0.2, 0) is 6.61 Å². The van der Waals surface area contributed by atoms with Gasteiger partial charge in [0.25, 0.3) is 0 Å². The topological polar surface area (TPSA) is 70.9 Å². The van der Waals surface area contributed by atoms with Crippen molar-refractivity contribution >= 4 is 67.4 Å². The highest BCUT2D eigenvalue weighted by atomic mass is 127. The molecule has 4 rings (SSSR count). The maximum atomic E-state index is 9.66. The Hall–Kier alpha value is -2.48. The van der Waals surface area contributed by atoms with Crippen LogP contribution in [0.2, 0.25) is 0 Å². The van der Waals surface area contributed by atoms with Gasteiger partial charge in [-0.25, -0.2) is 4.98 Å². The van der Waals surface area contributed by atoms with Crippen LogP contribution in [0.1, 0.15) is 11.1 Å². The zero-order chi connectivity index (χ0) is 22.5. The van der Waals surface area contributed by atoms with Crippen molar-refractivity contribution < 1.29 is 9.47 Å². The molecule has 3 aromatic carbocycles. The molecule has 0 aliphatic rings. The average Bonchev–Trinajstić information content (AvgIpc) is 3.21. The molecular weight excluding hydrogens is 601 g/mol. The van der Waals surface area contributed by atoms with Crippen molar-refractivity contribution in [2.24, 2.45) is 0 Å². The van der Waals surface area contributed by atoms with Gasteiger partial charge in [0.1, 0.15) is 12.7 Å². The van der Waals surface area contributed by atoms with E-state index in [1.54, 1.807) is 7.11 Å². The van der Waals surface area contributed by atoms with Gasteiger partial charge in [0, 0.05) is 4.47 Å². The fraction of sp³-hybridized carbons (Fsp3) is 0.0833. The minimum atomic E-state index is 0.431. The molecule has 0 spiro atoms. The van der Waals surface area contributed by atoms with Gasteiger partial charge in [0.05, 0.1) is 26.6 Å². The number of rotatable bonds is 7. The molecule has 0 aliphatic carbocycles. The van der Waals surface area contributed by atoms with Crippen LogP contribution in [0.4, 0.5) is 0 Å². The number of methoxy groups -OCH3 is 1. The summed E-state index contributed by atoms with van der Waals surface area (Å²) in [5, 5.41) is 10.3. The van der Waals surface area contributed by atoms with Crippen molar-refractivity contribution in [2.45, 2.75) is 11.8 Å². The number of halogens is 2. The van der Waals surface area contributed by atoms with E-state index in [0.717, 1.165) is 30.2 Å². The van der Waals surface area contributed by atoms with Crippen LogP contribution in [0.15, 0.2) is 75.2 Å². The molecule has 1 aromatic heterocycles. The van der Waals surface area contributed by atoms with E-state index >= 15 is 0 Å². The number of nitrogens with zero attached hydrogens (tertiary/aromatic N) is 2. The Kier molecular flexibility index (Phi) is 7.40. The summed E-state index contributed by atoms with van der Waals surface area (Å²) in [4.78, 5) is 8.29. The number of H-pyrrole nitrogens is 1. The number of hydrogen-bond acceptors (Lipinski definition) is 5. The van der Waals surface area contributed by atoms with Gasteiger partial charge in [0.15, 0.2) is 16.7 Å². The number of nitriles is 1. The standard InChI is InChI=1S/C24H17BrIN3O2S/c1-30-22-12-16(11-19(26)23(22)31-14-15-6-8-17(25)9-7-15)10-18(13-27)32-24-28-20-4-2-3-5-21(20)29-24/h2-12H,14H2,1H3,(H,28,29)/b18-10+. The van der Waals surface area contributed by atoms with Gasteiger partial charge in [-0.15, -0.1) is 0 Å². The normalized spacial score (nSPS) is 11.4. The molecule has 1 N–H and O–H groups in total. The largest absolute Gasteiger partial charge is 0.493 e. The molecule has 0 amide bonds. The summed E-state index contributed by atoms with van der Waals surface area (Å²) in [6.45, 7) is 0.431. The Labute approximate surface area is 212 Å². The van der Waals surface area contributed by atoms with Crippen LogP contribution in [0.5, 0.6) is 11.5 Å². The summed E-state index contributed by atoms with van der Waals surface area (Å²) in [6, 6.07) is 21.9. The third-order valence-corrected chi connectivity index (χ3v) is 6.68. The van der Waals surface area contributed by atoms with Crippen LogP contribution in [0, 0.1) is 14.9 Å². The molecule has 0 bridgehead atoms. The first kappa shape index (κ1) is 22.7. The Morgan fingerprint density at radius 1 is 1.22 bits per heavy atom. The number of allylic oxidation sites excluding steroid dienone is 1. The summed E-state index contributed by atoms with van der Waals surface area (Å²) >= 11 is 6.96. The van der Waals surface area contributed by atoms with Crippen molar-refractivity contribution in [2.75, 3.05) is 7.11 Å². The predicted molar refractivity (Wildman–Crippen MR) is 140 cm³/mol. The number of ether oxygens (including phenoxy) is 2. The van der Waals surface area contributed by atoms with Gasteiger partial charge in [-0.1, -0.05) is 40.2 Å². The van der Waals surface area contributed by atoms with Crippen molar-refractivity contribution in [3.05, 3.63) is 84.7 Å². The number of benzene rings is 3. The lowest BCUT2D eigenvalue weighted by Crippen LogP contribution is -2.00. The van der Waals surface area contributed by atoms with Crippen LogP contribution in [0.3, 0.4) is 0 Å². The first-order chi connectivity index (χ1) is 15.6. The quantitative estimate of drug-likeness (QED) is 0.135. The molecule has 1 heterocycles. The molecule has 0 radical (unpaired) electrons. The molecule has 4 aromatic rings. The van der Waals surface area contributed by atoms with E-state index in [4.69, 9.17) is 9.47 Å². The predicted octanol–water partition coefficient (Wildman–Crippen LogP) is 7.17. The fourth-order valence-electron chi connectivity index (χ4n) is 3.02. The molecule has 160 valence electrons. The number of imidazole rings is 1. The number of aromatic amines is 1. The summed E-state index contributed by atoms with van der Waals surface area (Å²) in [6.07, 6.45) is 1.82. The summed E-state index contributed by atoms with van der Waals surface area (Å²) in [5.74, 6) is 1.29. The van der Waals surface area contributed by atoms with Gasteiger partial charge in [-0.05, 0) is 88.0 Å². The number of thioether (sulfide) groups is 1. The van der Waals surface area contributed by atoms with Gasteiger partial charge in [0.2, 0.25) is 0 Å². The van der Waals surface area contributed by atoms with Crippen molar-refractivity contribution in [3.63, 3.8) is 0 Å². The number of para-hydroxylation sites is 2. The number of hydrogen-bond donors (Lipinski definition) is 1. The summed E-state index contributed by atoms with van der Waals surface area (Å²) in [7, 11) is 1.61. The molecular formula is C24H17BrIN3O2S. The van der Waals surface area contributed by atoms with Gasteiger partial charge in [-0.3, -0.25) is 0 Å². The summed E-state index contributed by atoms with van der Waals surface area (Å²) < 4.78 is 13.5. The van der Waals surface area contributed by atoms with Crippen molar-refractivity contribution in [3.8, 4) is 17.6 Å². The van der Waals surface area contributed by atoms with E-state index in [9.17, 15) is 5.26 Å². The highest BCUT2D eigenvalue weighted by Gasteiger charge is 2.13. The lowest BCUT2D eigenvalue weighted by molar-refractivity contribution is 0.282. The van der Waals surface area contributed by atoms with Crippen LogP contribution < -0.4 is 9.47 Å². The monoisotopic (exact) mass is 617 g/mol. The molecule has 0 aliphatic heterocycles.